The van der Waals surface area contributed by atoms with Crippen molar-refractivity contribution < 1.29 is 23.1 Å². The molecule has 2 nitrogen and oxygen atoms in total. The summed E-state index contributed by atoms with van der Waals surface area (Å²) in [6, 6.07) is 0.710. The Morgan fingerprint density at radius 1 is 1.17 bits per heavy atom. The topological polar surface area (TPSA) is 40.1 Å². The number of aromatic carboxylic acids is 1. The van der Waals surface area contributed by atoms with E-state index in [0.29, 0.717) is 12.1 Å². The number of rotatable bonds is 1. The summed E-state index contributed by atoms with van der Waals surface area (Å²) in [5.41, 5.74) is -0.730. The number of carboxylic acid groups (broad SMARTS) is 1. The molecule has 0 amide bonds. The standard InChI is InChI=1S/C7H3F3O2/c8-4-1-3(7(11)12)2-5(9)6(4)10/h1-2H,(H,11,12)/p-1. The number of halogens is 3. The van der Waals surface area contributed by atoms with Gasteiger partial charge in [0.25, 0.3) is 0 Å². The Labute approximate surface area is 65.2 Å². The van der Waals surface area contributed by atoms with Gasteiger partial charge in [0.1, 0.15) is 0 Å². The van der Waals surface area contributed by atoms with Gasteiger partial charge in [0.15, 0.2) is 17.5 Å². The van der Waals surface area contributed by atoms with Crippen molar-refractivity contribution in [2.24, 2.45) is 0 Å². The monoisotopic (exact) mass is 175 g/mol. The normalized spacial score (nSPS) is 9.92. The van der Waals surface area contributed by atoms with Gasteiger partial charge in [0, 0.05) is 5.56 Å². The molecule has 0 aliphatic carbocycles. The first kappa shape index (κ1) is 8.58. The van der Waals surface area contributed by atoms with Crippen LogP contribution < -0.4 is 5.11 Å². The van der Waals surface area contributed by atoms with E-state index in [-0.39, 0.29) is 0 Å². The van der Waals surface area contributed by atoms with Crippen LogP contribution in [0.25, 0.3) is 0 Å². The van der Waals surface area contributed by atoms with Crippen molar-refractivity contribution in [2.75, 3.05) is 0 Å². The predicted octanol–water partition coefficient (Wildman–Crippen LogP) is 0.467. The highest BCUT2D eigenvalue weighted by Gasteiger charge is 2.10. The number of hydrogen-bond donors (Lipinski definition) is 0. The van der Waals surface area contributed by atoms with Crippen molar-refractivity contribution in [3.05, 3.63) is 35.1 Å². The summed E-state index contributed by atoms with van der Waals surface area (Å²) < 4.78 is 36.8. The molecule has 64 valence electrons. The lowest BCUT2D eigenvalue weighted by atomic mass is 10.2. The van der Waals surface area contributed by atoms with Gasteiger partial charge in [0.05, 0.1) is 5.97 Å². The van der Waals surface area contributed by atoms with Crippen LogP contribution in [0, 0.1) is 17.5 Å². The first-order valence-electron chi connectivity index (χ1n) is 2.88. The highest BCUT2D eigenvalue weighted by Crippen LogP contribution is 2.12. The molecule has 0 heterocycles. The zero-order valence-electron chi connectivity index (χ0n) is 5.61. The van der Waals surface area contributed by atoms with Crippen LogP contribution in [-0.4, -0.2) is 5.97 Å². The molecule has 0 bridgehead atoms. The Morgan fingerprint density at radius 3 is 1.92 bits per heavy atom. The number of benzene rings is 1. The quantitative estimate of drug-likeness (QED) is 0.582. The van der Waals surface area contributed by atoms with Crippen LogP contribution >= 0.6 is 0 Å². The molecular weight excluding hydrogens is 173 g/mol. The van der Waals surface area contributed by atoms with Crippen molar-refractivity contribution in [2.45, 2.75) is 0 Å². The van der Waals surface area contributed by atoms with Gasteiger partial charge in [-0.25, -0.2) is 13.2 Å². The molecule has 0 aliphatic rings. The van der Waals surface area contributed by atoms with E-state index in [1.807, 2.05) is 0 Å². The Balaban J connectivity index is 3.31. The van der Waals surface area contributed by atoms with Crippen LogP contribution in [0.5, 0.6) is 0 Å². The summed E-state index contributed by atoms with van der Waals surface area (Å²) in [4.78, 5) is 10.0. The predicted molar refractivity (Wildman–Crippen MR) is 30.6 cm³/mol. The molecule has 0 saturated heterocycles. The zero-order chi connectivity index (χ0) is 9.30. The summed E-state index contributed by atoms with van der Waals surface area (Å²) in [6.07, 6.45) is 0. The molecule has 0 spiro atoms. The van der Waals surface area contributed by atoms with Crippen molar-refractivity contribution >= 4 is 5.97 Å². The van der Waals surface area contributed by atoms with Gasteiger partial charge in [-0.15, -0.1) is 0 Å². The molecule has 1 aromatic carbocycles. The first-order chi connectivity index (χ1) is 5.52. The van der Waals surface area contributed by atoms with Gasteiger partial charge in [-0.05, 0) is 12.1 Å². The van der Waals surface area contributed by atoms with Crippen LogP contribution in [0.15, 0.2) is 12.1 Å². The molecule has 1 aromatic rings. The van der Waals surface area contributed by atoms with E-state index in [2.05, 4.69) is 0 Å². The Hall–Kier alpha value is -1.52. The zero-order valence-corrected chi connectivity index (χ0v) is 5.61. The third kappa shape index (κ3) is 1.39. The van der Waals surface area contributed by atoms with Gasteiger partial charge in [-0.2, -0.15) is 0 Å². The van der Waals surface area contributed by atoms with Gasteiger partial charge in [0.2, 0.25) is 0 Å². The molecule has 1 rings (SSSR count). The highest BCUT2D eigenvalue weighted by molar-refractivity contribution is 5.85. The van der Waals surface area contributed by atoms with E-state index in [1.54, 1.807) is 0 Å². The first-order valence-corrected chi connectivity index (χ1v) is 2.88. The van der Waals surface area contributed by atoms with Crippen molar-refractivity contribution in [1.82, 2.24) is 0 Å². The average Bonchev–Trinajstić information content (AvgIpc) is 1.99. The fourth-order valence-corrected chi connectivity index (χ4v) is 0.673. The van der Waals surface area contributed by atoms with E-state index in [4.69, 9.17) is 0 Å². The SMILES string of the molecule is O=C([O-])c1cc(F)c(F)c(F)c1. The molecule has 0 fully saturated rings. The van der Waals surface area contributed by atoms with E-state index < -0.39 is 29.0 Å². The minimum atomic E-state index is -1.76. The maximum Gasteiger partial charge on any atom is 0.194 e. The minimum absolute atomic E-state index is 0.355. The van der Waals surface area contributed by atoms with Crippen LogP contribution in [0.2, 0.25) is 0 Å². The fraction of sp³-hybridized carbons (Fsp3) is 0. The van der Waals surface area contributed by atoms with Gasteiger partial charge >= 0.3 is 0 Å². The molecule has 0 aromatic heterocycles. The molecular formula is C7H2F3O2-. The lowest BCUT2D eigenvalue weighted by Crippen LogP contribution is -2.22. The minimum Gasteiger partial charge on any atom is -0.545 e. The molecule has 0 atom stereocenters. The van der Waals surface area contributed by atoms with Gasteiger partial charge < -0.3 is 9.90 Å². The highest BCUT2D eigenvalue weighted by atomic mass is 19.2. The maximum atomic E-state index is 12.3. The Bertz CT molecular complexity index is 312. The Morgan fingerprint density at radius 2 is 1.58 bits per heavy atom. The molecule has 0 radical (unpaired) electrons. The van der Waals surface area contributed by atoms with E-state index in [0.717, 1.165) is 0 Å². The maximum absolute atomic E-state index is 12.3. The Kier molecular flexibility index (Phi) is 2.03. The molecule has 0 aliphatic heterocycles. The molecule has 0 N–H and O–H groups in total. The van der Waals surface area contributed by atoms with Crippen LogP contribution in [0.1, 0.15) is 10.4 Å². The summed E-state index contributed by atoms with van der Waals surface area (Å²) in [7, 11) is 0. The van der Waals surface area contributed by atoms with Crippen molar-refractivity contribution in [3.63, 3.8) is 0 Å². The second kappa shape index (κ2) is 2.84. The van der Waals surface area contributed by atoms with E-state index >= 15 is 0 Å². The fourth-order valence-electron chi connectivity index (χ4n) is 0.673. The number of hydrogen-bond acceptors (Lipinski definition) is 2. The molecule has 12 heavy (non-hydrogen) atoms. The lowest BCUT2D eigenvalue weighted by Gasteiger charge is -2.02. The van der Waals surface area contributed by atoms with Gasteiger partial charge in [-0.1, -0.05) is 0 Å². The molecule has 5 heteroatoms. The van der Waals surface area contributed by atoms with E-state index in [9.17, 15) is 23.1 Å². The average molecular weight is 175 g/mol. The molecule has 0 saturated carbocycles. The second-order valence-electron chi connectivity index (χ2n) is 2.04. The largest absolute Gasteiger partial charge is 0.545 e. The number of carbonyl (C=O) groups is 1. The van der Waals surface area contributed by atoms with E-state index in [1.165, 1.54) is 0 Å². The third-order valence-electron chi connectivity index (χ3n) is 1.22. The summed E-state index contributed by atoms with van der Waals surface area (Å²) in [5, 5.41) is 10.0. The smallest absolute Gasteiger partial charge is 0.194 e. The van der Waals surface area contributed by atoms with Gasteiger partial charge in [-0.3, -0.25) is 0 Å². The summed E-state index contributed by atoms with van der Waals surface area (Å²) in [6.45, 7) is 0. The second-order valence-corrected chi connectivity index (χ2v) is 2.04. The third-order valence-corrected chi connectivity index (χ3v) is 1.22. The summed E-state index contributed by atoms with van der Waals surface area (Å²) in [5.74, 6) is -6.55. The number of carbonyl (C=O) groups excluding carboxylic acids is 1. The van der Waals surface area contributed by atoms with Crippen molar-refractivity contribution in [1.29, 1.82) is 0 Å². The van der Waals surface area contributed by atoms with Crippen LogP contribution in [-0.2, 0) is 0 Å². The lowest BCUT2D eigenvalue weighted by molar-refractivity contribution is -0.255. The summed E-state index contributed by atoms with van der Waals surface area (Å²) >= 11 is 0. The number of carboxylic acids is 1. The van der Waals surface area contributed by atoms with Crippen LogP contribution in [0.4, 0.5) is 13.2 Å². The molecule has 0 unspecified atom stereocenters. The van der Waals surface area contributed by atoms with Crippen LogP contribution in [0.3, 0.4) is 0 Å². The van der Waals surface area contributed by atoms with Crippen molar-refractivity contribution in [3.8, 4) is 0 Å².